The lowest BCUT2D eigenvalue weighted by atomic mass is 9.95. The van der Waals surface area contributed by atoms with Crippen molar-refractivity contribution >= 4 is 21.5 Å². The van der Waals surface area contributed by atoms with Gasteiger partial charge in [0.05, 0.1) is 4.90 Å². The quantitative estimate of drug-likeness (QED) is 0.812. The maximum Gasteiger partial charge on any atom is 0.349 e. The van der Waals surface area contributed by atoms with Gasteiger partial charge in [0.1, 0.15) is 5.82 Å². The lowest BCUT2D eigenvalue weighted by Gasteiger charge is -2.24. The highest BCUT2D eigenvalue weighted by Gasteiger charge is 2.20. The van der Waals surface area contributed by atoms with Gasteiger partial charge in [0.2, 0.25) is 0 Å². The van der Waals surface area contributed by atoms with Gasteiger partial charge in [-0.2, -0.15) is 4.98 Å². The van der Waals surface area contributed by atoms with E-state index in [0.29, 0.717) is 11.3 Å². The number of nitrogen functional groups attached to an aromatic ring is 1. The van der Waals surface area contributed by atoms with E-state index in [9.17, 15) is 13.2 Å². The zero-order valence-electron chi connectivity index (χ0n) is 14.1. The van der Waals surface area contributed by atoms with E-state index in [1.165, 1.54) is 30.7 Å². The van der Waals surface area contributed by atoms with Gasteiger partial charge in [-0.15, -0.1) is 0 Å². The lowest BCUT2D eigenvalue weighted by molar-refractivity contribution is 0.342. The molecule has 1 saturated carbocycles. The van der Waals surface area contributed by atoms with Crippen LogP contribution in [0.4, 0.5) is 11.5 Å². The summed E-state index contributed by atoms with van der Waals surface area (Å²) in [4.78, 5) is 16.4. The molecule has 1 heterocycles. The van der Waals surface area contributed by atoms with Gasteiger partial charge in [-0.3, -0.25) is 9.29 Å². The van der Waals surface area contributed by atoms with Crippen molar-refractivity contribution in [2.45, 2.75) is 50.0 Å². The molecule has 3 rings (SSSR count). The SMILES string of the molecule is Cc1cn(C2CCCCC2)c(=O)nc1NS(=O)(=O)c1ccc(N)cc1. The molecule has 0 spiro atoms. The lowest BCUT2D eigenvalue weighted by Crippen LogP contribution is -2.30. The van der Waals surface area contributed by atoms with Crippen LogP contribution in [0.5, 0.6) is 0 Å². The summed E-state index contributed by atoms with van der Waals surface area (Å²) in [5.41, 5.74) is 6.25. The van der Waals surface area contributed by atoms with Crippen LogP contribution in [0.2, 0.25) is 0 Å². The number of nitrogens with zero attached hydrogens (tertiary/aromatic N) is 2. The van der Waals surface area contributed by atoms with E-state index in [1.807, 2.05) is 0 Å². The first-order chi connectivity index (χ1) is 11.9. The van der Waals surface area contributed by atoms with Crippen molar-refractivity contribution in [1.29, 1.82) is 0 Å². The van der Waals surface area contributed by atoms with E-state index < -0.39 is 15.7 Å². The second-order valence-corrected chi connectivity index (χ2v) is 8.11. The van der Waals surface area contributed by atoms with E-state index in [2.05, 4.69) is 9.71 Å². The first-order valence-electron chi connectivity index (χ1n) is 8.35. The van der Waals surface area contributed by atoms with Crippen LogP contribution < -0.4 is 16.1 Å². The predicted octanol–water partition coefficient (Wildman–Crippen LogP) is 2.44. The summed E-state index contributed by atoms with van der Waals surface area (Å²) >= 11 is 0. The van der Waals surface area contributed by atoms with Gasteiger partial charge < -0.3 is 5.73 Å². The van der Waals surface area contributed by atoms with Gasteiger partial charge in [-0.25, -0.2) is 13.2 Å². The maximum absolute atomic E-state index is 12.5. The normalized spacial score (nSPS) is 15.9. The van der Waals surface area contributed by atoms with Crippen LogP contribution in [-0.4, -0.2) is 18.0 Å². The molecule has 0 atom stereocenters. The Labute approximate surface area is 146 Å². The smallest absolute Gasteiger partial charge is 0.349 e. The summed E-state index contributed by atoms with van der Waals surface area (Å²) in [7, 11) is -3.82. The Morgan fingerprint density at radius 1 is 1.16 bits per heavy atom. The molecule has 3 N–H and O–H groups in total. The van der Waals surface area contributed by atoms with Crippen LogP contribution in [-0.2, 0) is 10.0 Å². The summed E-state index contributed by atoms with van der Waals surface area (Å²) in [5.74, 6) is 0.0638. The highest BCUT2D eigenvalue weighted by atomic mass is 32.2. The highest BCUT2D eigenvalue weighted by Crippen LogP contribution is 2.27. The maximum atomic E-state index is 12.5. The van der Waals surface area contributed by atoms with Crippen molar-refractivity contribution in [2.75, 3.05) is 10.5 Å². The number of sulfonamides is 1. The summed E-state index contributed by atoms with van der Waals surface area (Å²) in [6.45, 7) is 1.74. The second kappa shape index (κ2) is 6.87. The fraction of sp³-hybridized carbons (Fsp3) is 0.412. The van der Waals surface area contributed by atoms with Crippen molar-refractivity contribution in [2.24, 2.45) is 0 Å². The third-order valence-corrected chi connectivity index (χ3v) is 5.88. The van der Waals surface area contributed by atoms with Gasteiger partial charge in [0.15, 0.2) is 0 Å². The molecule has 1 aliphatic carbocycles. The summed E-state index contributed by atoms with van der Waals surface area (Å²) in [6.07, 6.45) is 7.00. The topological polar surface area (TPSA) is 107 Å². The number of benzene rings is 1. The minimum Gasteiger partial charge on any atom is -0.399 e. The monoisotopic (exact) mass is 362 g/mol. The van der Waals surface area contributed by atoms with Crippen LogP contribution in [0.25, 0.3) is 0 Å². The van der Waals surface area contributed by atoms with Gasteiger partial charge in [0.25, 0.3) is 10.0 Å². The average molecular weight is 362 g/mol. The molecule has 7 nitrogen and oxygen atoms in total. The molecule has 0 radical (unpaired) electrons. The number of nitrogens with two attached hydrogens (primary N) is 1. The number of aryl methyl sites for hydroxylation is 1. The summed E-state index contributed by atoms with van der Waals surface area (Å²) in [5, 5.41) is 0. The molecule has 134 valence electrons. The van der Waals surface area contributed by atoms with Gasteiger partial charge in [0, 0.05) is 23.5 Å². The minimum absolute atomic E-state index is 0.0638. The summed E-state index contributed by atoms with van der Waals surface area (Å²) < 4.78 is 29.0. The van der Waals surface area contributed by atoms with Crippen molar-refractivity contribution in [3.05, 3.63) is 46.5 Å². The molecule has 1 fully saturated rings. The van der Waals surface area contributed by atoms with Gasteiger partial charge >= 0.3 is 5.69 Å². The first-order valence-corrected chi connectivity index (χ1v) is 9.83. The molecule has 0 aliphatic heterocycles. The van der Waals surface area contributed by atoms with Crippen molar-refractivity contribution < 1.29 is 8.42 Å². The standard InChI is InChI=1S/C17H22N4O3S/c1-12-11-21(14-5-3-2-4-6-14)17(22)19-16(12)20-25(23,24)15-9-7-13(18)8-10-15/h7-11,14H,2-6,18H2,1H3,(H,19,20,22). The second-order valence-electron chi connectivity index (χ2n) is 6.43. The number of aromatic nitrogens is 2. The molecule has 8 heteroatoms. The fourth-order valence-electron chi connectivity index (χ4n) is 3.12. The molecule has 1 aromatic heterocycles. The van der Waals surface area contributed by atoms with Gasteiger partial charge in [-0.1, -0.05) is 19.3 Å². The Kier molecular flexibility index (Phi) is 4.80. The van der Waals surface area contributed by atoms with Crippen LogP contribution in [0.1, 0.15) is 43.7 Å². The van der Waals surface area contributed by atoms with Gasteiger partial charge in [-0.05, 0) is 44.0 Å². The molecule has 2 aromatic rings. The Hall–Kier alpha value is -2.35. The van der Waals surface area contributed by atoms with Crippen LogP contribution >= 0.6 is 0 Å². The summed E-state index contributed by atoms with van der Waals surface area (Å²) in [6, 6.07) is 5.99. The van der Waals surface area contributed by atoms with Crippen molar-refractivity contribution in [3.8, 4) is 0 Å². The minimum atomic E-state index is -3.82. The molecule has 25 heavy (non-hydrogen) atoms. The molecule has 0 amide bonds. The van der Waals surface area contributed by atoms with Crippen molar-refractivity contribution in [3.63, 3.8) is 0 Å². The van der Waals surface area contributed by atoms with E-state index in [4.69, 9.17) is 5.73 Å². The fourth-order valence-corrected chi connectivity index (χ4v) is 4.20. The van der Waals surface area contributed by atoms with Crippen LogP contribution in [0.15, 0.2) is 40.2 Å². The zero-order chi connectivity index (χ0) is 18.0. The Morgan fingerprint density at radius 3 is 2.44 bits per heavy atom. The molecule has 0 unspecified atom stereocenters. The van der Waals surface area contributed by atoms with E-state index in [1.54, 1.807) is 17.7 Å². The van der Waals surface area contributed by atoms with Crippen LogP contribution in [0, 0.1) is 6.92 Å². The first kappa shape index (κ1) is 17.5. The molecular weight excluding hydrogens is 340 g/mol. The molecule has 1 aromatic carbocycles. The Morgan fingerprint density at radius 2 is 1.80 bits per heavy atom. The molecule has 1 aliphatic rings. The number of rotatable bonds is 4. The predicted molar refractivity (Wildman–Crippen MR) is 97.0 cm³/mol. The third-order valence-electron chi connectivity index (χ3n) is 4.52. The zero-order valence-corrected chi connectivity index (χ0v) is 14.9. The average Bonchev–Trinajstić information content (AvgIpc) is 2.59. The molecule has 0 bridgehead atoms. The number of hydrogen-bond acceptors (Lipinski definition) is 5. The van der Waals surface area contributed by atoms with Crippen molar-refractivity contribution in [1.82, 2.24) is 9.55 Å². The van der Waals surface area contributed by atoms with E-state index in [-0.39, 0.29) is 16.8 Å². The molecular formula is C17H22N4O3S. The Balaban J connectivity index is 1.89. The largest absolute Gasteiger partial charge is 0.399 e. The van der Waals surface area contributed by atoms with E-state index >= 15 is 0 Å². The molecule has 0 saturated heterocycles. The van der Waals surface area contributed by atoms with E-state index in [0.717, 1.165) is 25.7 Å². The number of anilines is 2. The third kappa shape index (κ3) is 3.84. The number of nitrogens with one attached hydrogen (secondary N) is 1. The number of hydrogen-bond donors (Lipinski definition) is 2. The highest BCUT2D eigenvalue weighted by molar-refractivity contribution is 7.92. The van der Waals surface area contributed by atoms with Crippen LogP contribution in [0.3, 0.4) is 0 Å². The Bertz CT molecular complexity index is 914.